The van der Waals surface area contributed by atoms with Crippen LogP contribution < -0.4 is 11.2 Å². The highest BCUT2D eigenvalue weighted by Crippen LogP contribution is 1.97. The number of nitrogens with zero attached hydrogens (tertiary/aromatic N) is 1. The number of carbonyl (C=O) groups excluding carboxylic acids is 1. The summed E-state index contributed by atoms with van der Waals surface area (Å²) in [5.41, 5.74) is -0.711. The minimum Gasteiger partial charge on any atom is -0.463 e. The Morgan fingerprint density at radius 1 is 1.39 bits per heavy atom. The Labute approximate surface area is 104 Å². The predicted molar refractivity (Wildman–Crippen MR) is 66.3 cm³/mol. The van der Waals surface area contributed by atoms with E-state index in [-0.39, 0.29) is 5.56 Å². The van der Waals surface area contributed by atoms with Crippen LogP contribution in [0.3, 0.4) is 0 Å². The summed E-state index contributed by atoms with van der Waals surface area (Å²) in [5, 5.41) is 0. The number of esters is 1. The van der Waals surface area contributed by atoms with Gasteiger partial charge in [0.2, 0.25) is 0 Å². The van der Waals surface area contributed by atoms with Crippen LogP contribution in [-0.4, -0.2) is 22.1 Å². The monoisotopic (exact) mass is 252 g/mol. The van der Waals surface area contributed by atoms with Gasteiger partial charge in [0.1, 0.15) is 0 Å². The first-order valence-electron chi connectivity index (χ1n) is 5.73. The molecule has 0 radical (unpaired) electrons. The second-order valence-electron chi connectivity index (χ2n) is 3.70. The minimum absolute atomic E-state index is 0.308. The van der Waals surface area contributed by atoms with Crippen LogP contribution in [0.15, 0.2) is 34.5 Å². The zero-order valence-corrected chi connectivity index (χ0v) is 10.1. The van der Waals surface area contributed by atoms with Gasteiger partial charge in [0, 0.05) is 24.9 Å². The average molecular weight is 252 g/mol. The van der Waals surface area contributed by atoms with E-state index in [1.54, 1.807) is 0 Å². The molecule has 1 aromatic heterocycles. The molecule has 0 aliphatic rings. The first kappa shape index (κ1) is 14.0. The molecule has 0 aliphatic carbocycles. The number of nitrogens with one attached hydrogen (secondary N) is 1. The van der Waals surface area contributed by atoms with E-state index in [1.807, 2.05) is 0 Å². The largest absolute Gasteiger partial charge is 0.463 e. The molecule has 18 heavy (non-hydrogen) atoms. The van der Waals surface area contributed by atoms with Crippen molar-refractivity contribution in [1.29, 1.82) is 0 Å². The van der Waals surface area contributed by atoms with Crippen molar-refractivity contribution < 1.29 is 9.53 Å². The zero-order chi connectivity index (χ0) is 13.4. The van der Waals surface area contributed by atoms with Crippen molar-refractivity contribution >= 4 is 5.97 Å². The van der Waals surface area contributed by atoms with Crippen LogP contribution >= 0.6 is 0 Å². The molecular weight excluding hydrogens is 236 g/mol. The van der Waals surface area contributed by atoms with Gasteiger partial charge in [-0.15, -0.1) is 0 Å². The third-order valence-corrected chi connectivity index (χ3v) is 2.38. The molecule has 0 fully saturated rings. The molecule has 0 bridgehead atoms. The van der Waals surface area contributed by atoms with Gasteiger partial charge in [0.15, 0.2) is 0 Å². The van der Waals surface area contributed by atoms with Crippen molar-refractivity contribution in [2.75, 3.05) is 6.61 Å². The van der Waals surface area contributed by atoms with E-state index in [2.05, 4.69) is 11.6 Å². The molecule has 0 saturated heterocycles. The molecule has 6 nitrogen and oxygen atoms in total. The van der Waals surface area contributed by atoms with E-state index in [4.69, 9.17) is 4.74 Å². The van der Waals surface area contributed by atoms with E-state index in [1.165, 1.54) is 12.3 Å². The Kier molecular flexibility index (Phi) is 5.63. The molecule has 0 amide bonds. The van der Waals surface area contributed by atoms with Crippen molar-refractivity contribution in [2.24, 2.45) is 0 Å². The van der Waals surface area contributed by atoms with Crippen molar-refractivity contribution in [1.82, 2.24) is 9.55 Å². The molecule has 6 heteroatoms. The molecule has 1 rings (SSSR count). The molecule has 98 valence electrons. The lowest BCUT2D eigenvalue weighted by Crippen LogP contribution is -2.33. The van der Waals surface area contributed by atoms with E-state index < -0.39 is 11.7 Å². The number of hydrogen-bond acceptors (Lipinski definition) is 4. The topological polar surface area (TPSA) is 81.2 Å². The Morgan fingerprint density at radius 3 is 2.83 bits per heavy atom. The third-order valence-electron chi connectivity index (χ3n) is 2.38. The number of ether oxygens (including phenoxy) is 1. The smallest absolute Gasteiger partial charge is 0.330 e. The van der Waals surface area contributed by atoms with E-state index >= 15 is 0 Å². The van der Waals surface area contributed by atoms with Crippen molar-refractivity contribution in [3.8, 4) is 0 Å². The highest BCUT2D eigenvalue weighted by Gasteiger charge is 2.00. The van der Waals surface area contributed by atoms with Crippen LogP contribution in [0.5, 0.6) is 0 Å². The number of unbranched alkanes of at least 4 members (excludes halogenated alkanes) is 2. The lowest BCUT2D eigenvalue weighted by atomic mass is 10.2. The number of H-pyrrole nitrogens is 1. The molecule has 0 aliphatic heterocycles. The third kappa shape index (κ3) is 4.40. The SMILES string of the molecule is C=CC(=O)OCCCCCn1c(=O)cc[nH]c1=O. The van der Waals surface area contributed by atoms with Crippen LogP contribution in [0, 0.1) is 0 Å². The maximum atomic E-state index is 11.4. The predicted octanol–water partition coefficient (Wildman–Crippen LogP) is 0.436. The molecular formula is C12H16N2O4. The van der Waals surface area contributed by atoms with Gasteiger partial charge in [-0.3, -0.25) is 9.36 Å². The number of carbonyl (C=O) groups is 1. The highest BCUT2D eigenvalue weighted by molar-refractivity contribution is 5.81. The Balaban J connectivity index is 2.26. The lowest BCUT2D eigenvalue weighted by molar-refractivity contribution is -0.137. The quantitative estimate of drug-likeness (QED) is 0.433. The molecule has 0 saturated carbocycles. The summed E-state index contributed by atoms with van der Waals surface area (Å²) < 4.78 is 5.95. The summed E-state index contributed by atoms with van der Waals surface area (Å²) >= 11 is 0. The van der Waals surface area contributed by atoms with Crippen molar-refractivity contribution in [2.45, 2.75) is 25.8 Å². The van der Waals surface area contributed by atoms with Crippen molar-refractivity contribution in [3.63, 3.8) is 0 Å². The van der Waals surface area contributed by atoms with Gasteiger partial charge >= 0.3 is 11.7 Å². The maximum absolute atomic E-state index is 11.4. The van der Waals surface area contributed by atoms with Gasteiger partial charge in [0.25, 0.3) is 5.56 Å². The molecule has 1 heterocycles. The fourth-order valence-electron chi connectivity index (χ4n) is 1.44. The van der Waals surface area contributed by atoms with Gasteiger partial charge in [0.05, 0.1) is 6.61 Å². The number of aromatic nitrogens is 2. The van der Waals surface area contributed by atoms with Gasteiger partial charge in [-0.25, -0.2) is 9.59 Å². The zero-order valence-electron chi connectivity index (χ0n) is 10.1. The fourth-order valence-corrected chi connectivity index (χ4v) is 1.44. The van der Waals surface area contributed by atoms with Crippen LogP contribution in [0.1, 0.15) is 19.3 Å². The summed E-state index contributed by atoms with van der Waals surface area (Å²) in [5.74, 6) is -0.439. The Hall–Kier alpha value is -2.11. The molecule has 0 atom stereocenters. The summed E-state index contributed by atoms with van der Waals surface area (Å²) in [4.78, 5) is 35.8. The maximum Gasteiger partial charge on any atom is 0.330 e. The summed E-state index contributed by atoms with van der Waals surface area (Å²) in [7, 11) is 0. The molecule has 0 unspecified atom stereocenters. The molecule has 0 aromatic carbocycles. The van der Waals surface area contributed by atoms with Gasteiger partial charge < -0.3 is 9.72 Å². The van der Waals surface area contributed by atoms with Gasteiger partial charge in [-0.2, -0.15) is 0 Å². The van der Waals surface area contributed by atoms with E-state index in [0.29, 0.717) is 26.0 Å². The second kappa shape index (κ2) is 7.26. The number of hydrogen-bond donors (Lipinski definition) is 1. The normalized spacial score (nSPS) is 10.0. The first-order chi connectivity index (χ1) is 8.65. The summed E-state index contributed by atoms with van der Waals surface area (Å²) in [6.07, 6.45) is 4.59. The molecule has 0 spiro atoms. The number of aromatic amines is 1. The van der Waals surface area contributed by atoms with Crippen LogP contribution in [0.25, 0.3) is 0 Å². The highest BCUT2D eigenvalue weighted by atomic mass is 16.5. The second-order valence-corrected chi connectivity index (χ2v) is 3.70. The first-order valence-corrected chi connectivity index (χ1v) is 5.73. The lowest BCUT2D eigenvalue weighted by Gasteiger charge is -2.04. The molecule has 1 N–H and O–H groups in total. The Bertz CT molecular complexity index is 487. The summed E-state index contributed by atoms with van der Waals surface area (Å²) in [6, 6.07) is 1.31. The number of rotatable bonds is 7. The minimum atomic E-state index is -0.439. The van der Waals surface area contributed by atoms with Gasteiger partial charge in [-0.05, 0) is 19.3 Å². The molecule has 1 aromatic rings. The van der Waals surface area contributed by atoms with Crippen LogP contribution in [-0.2, 0) is 16.1 Å². The fraction of sp³-hybridized carbons (Fsp3) is 0.417. The Morgan fingerprint density at radius 2 is 2.17 bits per heavy atom. The van der Waals surface area contributed by atoms with Crippen molar-refractivity contribution in [3.05, 3.63) is 45.8 Å². The van der Waals surface area contributed by atoms with Gasteiger partial charge in [-0.1, -0.05) is 6.58 Å². The average Bonchev–Trinajstić information content (AvgIpc) is 2.36. The summed E-state index contributed by atoms with van der Waals surface area (Å²) in [6.45, 7) is 3.97. The van der Waals surface area contributed by atoms with E-state index in [0.717, 1.165) is 17.1 Å². The van der Waals surface area contributed by atoms with E-state index in [9.17, 15) is 14.4 Å². The van der Waals surface area contributed by atoms with Crippen LogP contribution in [0.2, 0.25) is 0 Å². The van der Waals surface area contributed by atoms with Crippen LogP contribution in [0.4, 0.5) is 0 Å². The standard InChI is InChI=1S/C12H16N2O4/c1-2-11(16)18-9-5-3-4-8-14-10(15)6-7-13-12(14)17/h2,6-7H,1,3-5,8-9H2,(H,13,17).